The Bertz CT molecular complexity index is 218. The van der Waals surface area contributed by atoms with Crippen LogP contribution in [0.3, 0.4) is 0 Å². The Labute approximate surface area is 80.8 Å². The van der Waals surface area contributed by atoms with Crippen LogP contribution in [0.4, 0.5) is 4.79 Å². The molecular weight excluding hydrogens is 190 g/mol. The molecule has 0 aliphatic carbocycles. The van der Waals surface area contributed by atoms with E-state index in [0.717, 1.165) is 0 Å². The van der Waals surface area contributed by atoms with Crippen molar-refractivity contribution < 1.29 is 9.00 Å². The zero-order valence-corrected chi connectivity index (χ0v) is 9.09. The number of nitrogens with one attached hydrogen (secondary N) is 1. The van der Waals surface area contributed by atoms with E-state index in [1.54, 1.807) is 4.41 Å². The van der Waals surface area contributed by atoms with Crippen molar-refractivity contribution in [1.29, 1.82) is 0 Å². The van der Waals surface area contributed by atoms with E-state index in [-0.39, 0.29) is 18.1 Å². The molecule has 1 N–H and O–H groups in total. The Balaban J connectivity index is 2.90. The van der Waals surface area contributed by atoms with Gasteiger partial charge in [-0.1, -0.05) is 0 Å². The Kier molecular flexibility index (Phi) is 2.92. The molecule has 0 aromatic heterocycles. The normalized spacial score (nSPS) is 24.6. The predicted molar refractivity (Wildman–Crippen MR) is 50.6 cm³/mol. The summed E-state index contributed by atoms with van der Waals surface area (Å²) < 4.78 is 15.3. The second kappa shape index (κ2) is 3.63. The Morgan fingerprint density at radius 2 is 1.77 bits per heavy atom. The van der Waals surface area contributed by atoms with Crippen LogP contribution < -0.4 is 4.72 Å². The molecule has 6 heteroatoms. The lowest BCUT2D eigenvalue weighted by Crippen LogP contribution is -2.46. The van der Waals surface area contributed by atoms with E-state index in [4.69, 9.17) is 0 Å². The second-order valence-electron chi connectivity index (χ2n) is 3.49. The molecule has 0 radical (unpaired) electrons. The number of hydrogen-bond donors (Lipinski definition) is 1. The zero-order valence-electron chi connectivity index (χ0n) is 8.27. The molecule has 0 aromatic carbocycles. The van der Waals surface area contributed by atoms with Gasteiger partial charge in [-0.3, -0.25) is 0 Å². The van der Waals surface area contributed by atoms with Gasteiger partial charge in [0, 0.05) is 12.1 Å². The predicted octanol–water partition coefficient (Wildman–Crippen LogP) is 0.624. The number of carbonyl (C=O) groups is 1. The number of amides is 2. The Hall–Kier alpha value is -0.620. The lowest BCUT2D eigenvalue weighted by Gasteiger charge is -2.29. The standard InChI is InChI=1S/C7H15N3O2S/c1-5(2)9-7(11)8-13(12)10(9)6(3)4/h5-6H,1-4H3,(H,8,11). The van der Waals surface area contributed by atoms with Crippen LogP contribution in [-0.4, -0.2) is 31.7 Å². The third-order valence-electron chi connectivity index (χ3n) is 1.70. The van der Waals surface area contributed by atoms with Crippen LogP contribution in [0.2, 0.25) is 0 Å². The minimum atomic E-state index is -1.41. The first kappa shape index (κ1) is 10.5. The highest BCUT2D eigenvalue weighted by molar-refractivity contribution is 7.81. The summed E-state index contributed by atoms with van der Waals surface area (Å²) in [6.07, 6.45) is 0. The molecule has 1 heterocycles. The molecule has 1 aliphatic heterocycles. The lowest BCUT2D eigenvalue weighted by atomic mass is 10.4. The van der Waals surface area contributed by atoms with E-state index >= 15 is 0 Å². The largest absolute Gasteiger partial charge is 0.345 e. The van der Waals surface area contributed by atoms with E-state index < -0.39 is 11.2 Å². The van der Waals surface area contributed by atoms with Gasteiger partial charge in [-0.05, 0) is 27.7 Å². The van der Waals surface area contributed by atoms with Crippen molar-refractivity contribution in [2.75, 3.05) is 0 Å². The van der Waals surface area contributed by atoms with Crippen LogP contribution in [0.5, 0.6) is 0 Å². The fourth-order valence-electron chi connectivity index (χ4n) is 1.24. The van der Waals surface area contributed by atoms with E-state index in [2.05, 4.69) is 4.72 Å². The van der Waals surface area contributed by atoms with Crippen molar-refractivity contribution in [2.45, 2.75) is 39.8 Å². The first-order valence-electron chi connectivity index (χ1n) is 4.26. The van der Waals surface area contributed by atoms with Gasteiger partial charge in [0.2, 0.25) is 11.2 Å². The fourth-order valence-corrected chi connectivity index (χ4v) is 2.38. The van der Waals surface area contributed by atoms with Crippen molar-refractivity contribution in [3.05, 3.63) is 0 Å². The van der Waals surface area contributed by atoms with Crippen LogP contribution in [0.25, 0.3) is 0 Å². The SMILES string of the molecule is CC(C)N1C(=O)NS(=O)N1C(C)C. The number of rotatable bonds is 2. The Morgan fingerprint density at radius 3 is 2.08 bits per heavy atom. The molecule has 0 spiro atoms. The van der Waals surface area contributed by atoms with Gasteiger partial charge in [0.1, 0.15) is 0 Å². The number of urea groups is 1. The molecule has 1 saturated heterocycles. The highest BCUT2D eigenvalue weighted by Crippen LogP contribution is 2.16. The van der Waals surface area contributed by atoms with E-state index in [0.29, 0.717) is 0 Å². The van der Waals surface area contributed by atoms with Crippen molar-refractivity contribution in [3.63, 3.8) is 0 Å². The van der Waals surface area contributed by atoms with Crippen LogP contribution >= 0.6 is 0 Å². The molecule has 0 aromatic rings. The molecule has 0 saturated carbocycles. The maximum Gasteiger partial charge on any atom is 0.345 e. The highest BCUT2D eigenvalue weighted by Gasteiger charge is 2.38. The Morgan fingerprint density at radius 1 is 1.23 bits per heavy atom. The number of hydrogen-bond acceptors (Lipinski definition) is 2. The average Bonchev–Trinajstić information content (AvgIpc) is 2.24. The van der Waals surface area contributed by atoms with Gasteiger partial charge in [-0.2, -0.15) is 0 Å². The maximum absolute atomic E-state index is 11.4. The maximum atomic E-state index is 11.4. The van der Waals surface area contributed by atoms with Gasteiger partial charge in [-0.15, -0.1) is 4.41 Å². The van der Waals surface area contributed by atoms with Crippen LogP contribution in [-0.2, 0) is 11.2 Å². The number of hydrazine groups is 1. The molecule has 1 atom stereocenters. The third-order valence-corrected chi connectivity index (χ3v) is 2.98. The van der Waals surface area contributed by atoms with Gasteiger partial charge in [0.15, 0.2) is 0 Å². The summed E-state index contributed by atoms with van der Waals surface area (Å²) in [5.74, 6) is 0. The minimum Gasteiger partial charge on any atom is -0.246 e. The van der Waals surface area contributed by atoms with Crippen molar-refractivity contribution in [3.8, 4) is 0 Å². The minimum absolute atomic E-state index is 0.0221. The molecule has 1 aliphatic rings. The quantitative estimate of drug-likeness (QED) is 0.718. The number of nitrogens with zero attached hydrogens (tertiary/aromatic N) is 2. The average molecular weight is 205 g/mol. The summed E-state index contributed by atoms with van der Waals surface area (Å²) in [5.41, 5.74) is 0. The van der Waals surface area contributed by atoms with Gasteiger partial charge < -0.3 is 0 Å². The zero-order chi connectivity index (χ0) is 10.2. The van der Waals surface area contributed by atoms with Crippen molar-refractivity contribution in [2.24, 2.45) is 0 Å². The van der Waals surface area contributed by atoms with E-state index in [1.165, 1.54) is 5.01 Å². The number of carbonyl (C=O) groups excluding carboxylic acids is 1. The van der Waals surface area contributed by atoms with Crippen LogP contribution in [0.15, 0.2) is 0 Å². The fraction of sp³-hybridized carbons (Fsp3) is 0.857. The van der Waals surface area contributed by atoms with E-state index in [9.17, 15) is 9.00 Å². The summed E-state index contributed by atoms with van der Waals surface area (Å²) in [6.45, 7) is 7.57. The molecular formula is C7H15N3O2S. The molecule has 1 fully saturated rings. The van der Waals surface area contributed by atoms with Gasteiger partial charge >= 0.3 is 6.03 Å². The smallest absolute Gasteiger partial charge is 0.246 e. The summed E-state index contributed by atoms with van der Waals surface area (Å²) in [5, 5.41) is 1.49. The molecule has 1 unspecified atom stereocenters. The molecule has 76 valence electrons. The monoisotopic (exact) mass is 205 g/mol. The van der Waals surface area contributed by atoms with Gasteiger partial charge in [0.05, 0.1) is 0 Å². The highest BCUT2D eigenvalue weighted by atomic mass is 32.2. The van der Waals surface area contributed by atoms with Crippen LogP contribution in [0, 0.1) is 0 Å². The molecule has 0 bridgehead atoms. The first-order chi connectivity index (χ1) is 5.95. The van der Waals surface area contributed by atoms with Crippen molar-refractivity contribution >= 4 is 17.2 Å². The summed E-state index contributed by atoms with van der Waals surface area (Å²) in [7, 11) is 0. The van der Waals surface area contributed by atoms with Crippen molar-refractivity contribution in [1.82, 2.24) is 14.1 Å². The molecule has 13 heavy (non-hydrogen) atoms. The molecule has 2 amide bonds. The van der Waals surface area contributed by atoms with E-state index in [1.807, 2.05) is 27.7 Å². The topological polar surface area (TPSA) is 52.7 Å². The third kappa shape index (κ3) is 1.83. The van der Waals surface area contributed by atoms with Crippen LogP contribution in [0.1, 0.15) is 27.7 Å². The first-order valence-corrected chi connectivity index (χ1v) is 5.36. The molecule has 5 nitrogen and oxygen atoms in total. The summed E-state index contributed by atoms with van der Waals surface area (Å²) in [4.78, 5) is 11.3. The lowest BCUT2D eigenvalue weighted by molar-refractivity contribution is 0.0654. The van der Waals surface area contributed by atoms with Gasteiger partial charge in [0.25, 0.3) is 0 Å². The van der Waals surface area contributed by atoms with Gasteiger partial charge in [-0.25, -0.2) is 18.7 Å². The summed E-state index contributed by atoms with van der Waals surface area (Å²) >= 11 is -1.41. The second-order valence-corrected chi connectivity index (χ2v) is 4.57. The summed E-state index contributed by atoms with van der Waals surface area (Å²) in [6, 6.07) is -0.224. The molecule has 1 rings (SSSR count).